The normalized spacial score (nSPS) is 15.9. The van der Waals surface area contributed by atoms with Gasteiger partial charge in [0.1, 0.15) is 17.2 Å². The van der Waals surface area contributed by atoms with E-state index in [0.717, 1.165) is 0 Å². The van der Waals surface area contributed by atoms with Crippen LogP contribution in [0.4, 0.5) is 14.5 Å². The Labute approximate surface area is 152 Å². The number of aromatic nitrogens is 1. The van der Waals surface area contributed by atoms with E-state index in [4.69, 9.17) is 0 Å². The van der Waals surface area contributed by atoms with Gasteiger partial charge in [0.15, 0.2) is 0 Å². The van der Waals surface area contributed by atoms with Crippen LogP contribution in [0.3, 0.4) is 0 Å². The fourth-order valence-corrected chi connectivity index (χ4v) is 3.42. The number of rotatable bonds is 3. The van der Waals surface area contributed by atoms with Crippen molar-refractivity contribution in [1.82, 2.24) is 4.57 Å². The number of halogens is 2. The average Bonchev–Trinajstić information content (AvgIpc) is 3.02. The maximum Gasteiger partial charge on any atom is 0.339 e. The molecule has 4 rings (SSSR count). The Hall–Kier alpha value is -3.48. The van der Waals surface area contributed by atoms with Crippen LogP contribution in [-0.4, -0.2) is 21.6 Å². The Balaban J connectivity index is 1.95. The number of amides is 1. The topological polar surface area (TPSA) is 71.3 Å². The van der Waals surface area contributed by atoms with E-state index >= 15 is 0 Å². The van der Waals surface area contributed by atoms with Gasteiger partial charge in [0.05, 0.1) is 11.4 Å². The largest absolute Gasteiger partial charge is 0.478 e. The van der Waals surface area contributed by atoms with E-state index in [9.17, 15) is 23.5 Å². The molecule has 2 heterocycles. The molecule has 0 saturated carbocycles. The number of nitrogens with one attached hydrogen (secondary N) is 1. The van der Waals surface area contributed by atoms with Gasteiger partial charge >= 0.3 is 5.97 Å². The second kappa shape index (κ2) is 6.35. The first-order valence-corrected chi connectivity index (χ1v) is 8.24. The highest BCUT2D eigenvalue weighted by Crippen LogP contribution is 2.41. The van der Waals surface area contributed by atoms with Crippen molar-refractivity contribution < 1.29 is 23.5 Å². The third-order valence-corrected chi connectivity index (χ3v) is 4.63. The van der Waals surface area contributed by atoms with Crippen molar-refractivity contribution in [3.63, 3.8) is 0 Å². The van der Waals surface area contributed by atoms with E-state index in [2.05, 4.69) is 5.32 Å². The van der Waals surface area contributed by atoms with E-state index in [-0.39, 0.29) is 23.6 Å². The maximum atomic E-state index is 13.3. The fraction of sp³-hybridized carbons (Fsp3) is 0.100. The number of fused-ring (bicyclic) bond motifs is 1. The number of carbonyl (C=O) groups is 2. The summed E-state index contributed by atoms with van der Waals surface area (Å²) >= 11 is 0. The molecule has 5 nitrogen and oxygen atoms in total. The van der Waals surface area contributed by atoms with Gasteiger partial charge in [0.25, 0.3) is 0 Å². The summed E-state index contributed by atoms with van der Waals surface area (Å²) in [6, 6.07) is 11.3. The van der Waals surface area contributed by atoms with Crippen molar-refractivity contribution in [3.05, 3.63) is 83.2 Å². The van der Waals surface area contributed by atoms with Crippen LogP contribution in [0.5, 0.6) is 0 Å². The number of aromatic carboxylic acids is 1. The van der Waals surface area contributed by atoms with Gasteiger partial charge in [-0.15, -0.1) is 0 Å². The maximum absolute atomic E-state index is 13.3. The van der Waals surface area contributed by atoms with E-state index in [1.807, 2.05) is 0 Å². The van der Waals surface area contributed by atoms with Gasteiger partial charge in [-0.25, -0.2) is 13.6 Å². The van der Waals surface area contributed by atoms with Gasteiger partial charge in [-0.1, -0.05) is 12.1 Å². The molecule has 0 spiro atoms. The predicted octanol–water partition coefficient (Wildman–Crippen LogP) is 3.93. The van der Waals surface area contributed by atoms with Crippen molar-refractivity contribution in [2.75, 3.05) is 5.32 Å². The molecule has 136 valence electrons. The van der Waals surface area contributed by atoms with E-state index in [1.165, 1.54) is 42.6 Å². The third-order valence-electron chi connectivity index (χ3n) is 4.63. The SMILES string of the molecule is O=C1C[C@H](c2ccc(F)cc2)c2c(c(C(=O)O)cn2-c2ccc(F)cc2)N1. The first-order chi connectivity index (χ1) is 12.9. The summed E-state index contributed by atoms with van der Waals surface area (Å²) in [4.78, 5) is 23.9. The lowest BCUT2D eigenvalue weighted by Crippen LogP contribution is -2.25. The molecule has 0 bridgehead atoms. The van der Waals surface area contributed by atoms with Gasteiger partial charge in [0.2, 0.25) is 5.91 Å². The van der Waals surface area contributed by atoms with Crippen LogP contribution in [-0.2, 0) is 4.79 Å². The number of carboxylic acids is 1. The van der Waals surface area contributed by atoms with E-state index < -0.39 is 23.5 Å². The summed E-state index contributed by atoms with van der Waals surface area (Å²) in [6.45, 7) is 0. The number of hydrogen-bond acceptors (Lipinski definition) is 2. The molecule has 0 radical (unpaired) electrons. The van der Waals surface area contributed by atoms with Gasteiger partial charge in [-0.2, -0.15) is 0 Å². The standard InChI is InChI=1S/C20H14F2N2O3/c21-12-3-1-11(2-4-12)15-9-17(25)23-18-16(20(26)27)10-24(19(15)18)14-7-5-13(22)6-8-14/h1-8,10,15H,9H2,(H,23,25)(H,26,27)/t15-/m1/s1. The number of carbonyl (C=O) groups excluding carboxylic acids is 1. The Morgan fingerprint density at radius 2 is 1.63 bits per heavy atom. The molecule has 27 heavy (non-hydrogen) atoms. The van der Waals surface area contributed by atoms with Crippen LogP contribution >= 0.6 is 0 Å². The first-order valence-electron chi connectivity index (χ1n) is 8.24. The lowest BCUT2D eigenvalue weighted by Gasteiger charge is -2.26. The molecule has 2 aromatic carbocycles. The Kier molecular flexibility index (Phi) is 3.99. The van der Waals surface area contributed by atoms with E-state index in [1.54, 1.807) is 16.7 Å². The van der Waals surface area contributed by atoms with Crippen LogP contribution in [0.1, 0.15) is 34.0 Å². The third kappa shape index (κ3) is 2.97. The zero-order valence-corrected chi connectivity index (χ0v) is 13.9. The van der Waals surface area contributed by atoms with Crippen LogP contribution < -0.4 is 5.32 Å². The molecule has 1 aliphatic rings. The molecule has 1 aliphatic heterocycles. The number of anilines is 1. The zero-order chi connectivity index (χ0) is 19.1. The molecular formula is C20H14F2N2O3. The minimum atomic E-state index is -1.19. The fourth-order valence-electron chi connectivity index (χ4n) is 3.42. The molecule has 3 aromatic rings. The molecule has 0 saturated heterocycles. The highest BCUT2D eigenvalue weighted by atomic mass is 19.1. The highest BCUT2D eigenvalue weighted by Gasteiger charge is 2.34. The van der Waals surface area contributed by atoms with Crippen LogP contribution in [0.2, 0.25) is 0 Å². The van der Waals surface area contributed by atoms with Crippen molar-refractivity contribution in [3.8, 4) is 5.69 Å². The Morgan fingerprint density at radius 1 is 1.04 bits per heavy atom. The summed E-state index contributed by atoms with van der Waals surface area (Å²) in [5.41, 5.74) is 1.95. The lowest BCUT2D eigenvalue weighted by atomic mass is 9.88. The second-order valence-electron chi connectivity index (χ2n) is 6.31. The minimum Gasteiger partial charge on any atom is -0.478 e. The quantitative estimate of drug-likeness (QED) is 0.736. The summed E-state index contributed by atoms with van der Waals surface area (Å²) in [7, 11) is 0. The number of nitrogens with zero attached hydrogens (tertiary/aromatic N) is 1. The predicted molar refractivity (Wildman–Crippen MR) is 94.2 cm³/mol. The number of carboxylic acid groups (broad SMARTS) is 1. The summed E-state index contributed by atoms with van der Waals surface area (Å²) in [5, 5.41) is 12.2. The summed E-state index contributed by atoms with van der Waals surface area (Å²) in [6.07, 6.45) is 1.49. The highest BCUT2D eigenvalue weighted by molar-refractivity contribution is 6.04. The van der Waals surface area contributed by atoms with Crippen LogP contribution in [0.15, 0.2) is 54.7 Å². The van der Waals surface area contributed by atoms with Crippen molar-refractivity contribution in [2.45, 2.75) is 12.3 Å². The van der Waals surface area contributed by atoms with Crippen LogP contribution in [0, 0.1) is 11.6 Å². The summed E-state index contributed by atoms with van der Waals surface area (Å²) < 4.78 is 28.3. The molecule has 7 heteroatoms. The smallest absolute Gasteiger partial charge is 0.339 e. The Bertz CT molecular complexity index is 1040. The first kappa shape index (κ1) is 17.0. The zero-order valence-electron chi connectivity index (χ0n) is 13.9. The lowest BCUT2D eigenvalue weighted by molar-refractivity contribution is -0.116. The number of hydrogen-bond donors (Lipinski definition) is 2. The second-order valence-corrected chi connectivity index (χ2v) is 6.31. The van der Waals surface area contributed by atoms with Gasteiger partial charge in [0, 0.05) is 24.2 Å². The Morgan fingerprint density at radius 3 is 2.22 bits per heavy atom. The van der Waals surface area contributed by atoms with Gasteiger partial charge in [-0.3, -0.25) is 4.79 Å². The molecule has 1 amide bonds. The van der Waals surface area contributed by atoms with Crippen molar-refractivity contribution >= 4 is 17.6 Å². The van der Waals surface area contributed by atoms with Gasteiger partial charge in [-0.05, 0) is 42.0 Å². The van der Waals surface area contributed by atoms with Crippen LogP contribution in [0.25, 0.3) is 5.69 Å². The molecule has 0 aliphatic carbocycles. The molecular weight excluding hydrogens is 354 g/mol. The number of benzene rings is 2. The average molecular weight is 368 g/mol. The molecule has 0 fully saturated rings. The molecule has 1 aromatic heterocycles. The van der Waals surface area contributed by atoms with Crippen molar-refractivity contribution in [1.29, 1.82) is 0 Å². The van der Waals surface area contributed by atoms with E-state index in [0.29, 0.717) is 16.9 Å². The monoisotopic (exact) mass is 368 g/mol. The molecule has 1 atom stereocenters. The van der Waals surface area contributed by atoms with Crippen molar-refractivity contribution in [2.24, 2.45) is 0 Å². The molecule has 0 unspecified atom stereocenters. The van der Waals surface area contributed by atoms with Gasteiger partial charge < -0.3 is 15.0 Å². The molecule has 2 N–H and O–H groups in total. The minimum absolute atomic E-state index is 0.0607. The summed E-state index contributed by atoms with van der Waals surface area (Å²) in [5.74, 6) is -2.79.